The third kappa shape index (κ3) is 4.03. The normalized spacial score (nSPS) is 10.2. The largest absolute Gasteiger partial charge is 0.370 e. The van der Waals surface area contributed by atoms with Gasteiger partial charge in [-0.25, -0.2) is 9.97 Å². The zero-order valence-corrected chi connectivity index (χ0v) is 11.5. The highest BCUT2D eigenvalue weighted by Gasteiger charge is 2.06. The fraction of sp³-hybridized carbons (Fsp3) is 0.308. The summed E-state index contributed by atoms with van der Waals surface area (Å²) < 4.78 is 0. The van der Waals surface area contributed by atoms with Gasteiger partial charge in [-0.1, -0.05) is 0 Å². The van der Waals surface area contributed by atoms with Crippen LogP contribution < -0.4 is 10.6 Å². The van der Waals surface area contributed by atoms with Gasteiger partial charge in [-0.15, -0.1) is 11.3 Å². The molecule has 0 radical (unpaired) electrons. The van der Waals surface area contributed by atoms with E-state index in [0.717, 1.165) is 24.5 Å². The molecular weight excluding hydrogens is 260 g/mol. The highest BCUT2D eigenvalue weighted by molar-refractivity contribution is 7.07. The van der Waals surface area contributed by atoms with Crippen LogP contribution >= 0.6 is 11.3 Å². The van der Waals surface area contributed by atoms with Gasteiger partial charge in [-0.3, -0.25) is 4.79 Å². The van der Waals surface area contributed by atoms with E-state index in [2.05, 4.69) is 20.6 Å². The van der Waals surface area contributed by atoms with Crippen molar-refractivity contribution in [2.45, 2.75) is 13.3 Å². The molecule has 0 aliphatic rings. The predicted octanol–water partition coefficient (Wildman–Crippen LogP) is 1.94. The maximum absolute atomic E-state index is 11.9. The minimum Gasteiger partial charge on any atom is -0.370 e. The number of pyridine rings is 1. The van der Waals surface area contributed by atoms with Gasteiger partial charge in [0.1, 0.15) is 5.82 Å². The molecule has 19 heavy (non-hydrogen) atoms. The van der Waals surface area contributed by atoms with E-state index in [4.69, 9.17) is 0 Å². The molecule has 0 atom stereocenters. The van der Waals surface area contributed by atoms with Gasteiger partial charge in [-0.2, -0.15) is 0 Å². The number of nitrogens with one attached hydrogen (secondary N) is 2. The van der Waals surface area contributed by atoms with E-state index in [-0.39, 0.29) is 5.91 Å². The number of nitrogens with zero attached hydrogens (tertiary/aromatic N) is 2. The minimum atomic E-state index is -0.0863. The molecule has 0 saturated carbocycles. The van der Waals surface area contributed by atoms with Crippen LogP contribution in [0, 0.1) is 0 Å². The summed E-state index contributed by atoms with van der Waals surface area (Å²) in [4.78, 5) is 20.2. The lowest BCUT2D eigenvalue weighted by atomic mass is 10.2. The molecule has 1 amide bonds. The molecule has 0 saturated heterocycles. The Labute approximate surface area is 116 Å². The fourth-order valence-electron chi connectivity index (χ4n) is 1.62. The quantitative estimate of drug-likeness (QED) is 0.846. The molecule has 0 bridgehead atoms. The summed E-state index contributed by atoms with van der Waals surface area (Å²) in [5.41, 5.74) is 3.42. The summed E-state index contributed by atoms with van der Waals surface area (Å²) in [5, 5.41) is 7.95. The number of hydrogen-bond acceptors (Lipinski definition) is 5. The van der Waals surface area contributed by atoms with Crippen molar-refractivity contribution >= 4 is 23.1 Å². The van der Waals surface area contributed by atoms with Crippen molar-refractivity contribution < 1.29 is 4.79 Å². The van der Waals surface area contributed by atoms with Gasteiger partial charge in [0.15, 0.2) is 0 Å². The van der Waals surface area contributed by atoms with Crippen LogP contribution in [-0.4, -0.2) is 29.0 Å². The van der Waals surface area contributed by atoms with Crippen molar-refractivity contribution in [1.29, 1.82) is 0 Å². The van der Waals surface area contributed by atoms with Gasteiger partial charge in [-0.05, 0) is 19.1 Å². The third-order valence-electron chi connectivity index (χ3n) is 2.53. The molecule has 2 N–H and O–H groups in total. The summed E-state index contributed by atoms with van der Waals surface area (Å²) >= 11 is 1.56. The maximum atomic E-state index is 11.9. The molecule has 2 aromatic heterocycles. The van der Waals surface area contributed by atoms with Crippen LogP contribution in [0.2, 0.25) is 0 Å². The van der Waals surface area contributed by atoms with Crippen molar-refractivity contribution in [3.63, 3.8) is 0 Å². The van der Waals surface area contributed by atoms with Crippen molar-refractivity contribution in [2.75, 3.05) is 18.4 Å². The van der Waals surface area contributed by atoms with E-state index in [1.807, 2.05) is 12.3 Å². The van der Waals surface area contributed by atoms with Crippen LogP contribution in [0.15, 0.2) is 29.2 Å². The predicted molar refractivity (Wildman–Crippen MR) is 76.6 cm³/mol. The molecule has 0 unspecified atom stereocenters. The van der Waals surface area contributed by atoms with Gasteiger partial charge in [0, 0.05) is 36.7 Å². The van der Waals surface area contributed by atoms with E-state index < -0.39 is 0 Å². The Kier molecular flexibility index (Phi) is 4.85. The Bertz CT molecular complexity index is 527. The number of hydrogen-bond donors (Lipinski definition) is 2. The van der Waals surface area contributed by atoms with E-state index in [0.29, 0.717) is 12.1 Å². The molecule has 0 spiro atoms. The Morgan fingerprint density at radius 2 is 2.32 bits per heavy atom. The zero-order chi connectivity index (χ0) is 13.5. The summed E-state index contributed by atoms with van der Waals surface area (Å²) in [7, 11) is 0. The number of thiazole rings is 1. The average molecular weight is 276 g/mol. The van der Waals surface area contributed by atoms with E-state index in [1.165, 1.54) is 0 Å². The van der Waals surface area contributed by atoms with Gasteiger partial charge in [0.05, 0.1) is 11.2 Å². The molecule has 2 rings (SSSR count). The first-order valence-corrected chi connectivity index (χ1v) is 7.09. The van der Waals surface area contributed by atoms with Crippen molar-refractivity contribution in [3.05, 3.63) is 40.5 Å². The molecular formula is C13H16N4OS. The lowest BCUT2D eigenvalue weighted by Gasteiger charge is -2.06. The minimum absolute atomic E-state index is 0.0863. The average Bonchev–Trinajstić information content (AvgIpc) is 2.92. The molecule has 0 aliphatic carbocycles. The van der Waals surface area contributed by atoms with E-state index in [9.17, 15) is 4.79 Å². The van der Waals surface area contributed by atoms with E-state index in [1.54, 1.807) is 35.2 Å². The Balaban J connectivity index is 1.87. The van der Waals surface area contributed by atoms with Crippen LogP contribution in [0.3, 0.4) is 0 Å². The molecule has 0 aliphatic heterocycles. The highest BCUT2D eigenvalue weighted by atomic mass is 32.1. The molecule has 6 heteroatoms. The summed E-state index contributed by atoms with van der Waals surface area (Å²) in [6.07, 6.45) is 2.38. The number of rotatable bonds is 6. The molecule has 0 fully saturated rings. The van der Waals surface area contributed by atoms with Crippen LogP contribution in [0.4, 0.5) is 5.82 Å². The first kappa shape index (κ1) is 13.5. The summed E-state index contributed by atoms with van der Waals surface area (Å²) in [5.74, 6) is 0.631. The SMILES string of the molecule is CCNc1cc(C(=O)NCCc2cscn2)ccn1. The van der Waals surface area contributed by atoms with Gasteiger partial charge < -0.3 is 10.6 Å². The second-order valence-corrected chi connectivity index (χ2v) is 4.66. The number of anilines is 1. The molecule has 0 aromatic carbocycles. The van der Waals surface area contributed by atoms with Crippen LogP contribution in [0.1, 0.15) is 23.0 Å². The Morgan fingerprint density at radius 3 is 3.05 bits per heavy atom. The third-order valence-corrected chi connectivity index (χ3v) is 3.17. The van der Waals surface area contributed by atoms with Crippen LogP contribution in [0.5, 0.6) is 0 Å². The van der Waals surface area contributed by atoms with E-state index >= 15 is 0 Å². The van der Waals surface area contributed by atoms with Crippen molar-refractivity contribution in [2.24, 2.45) is 0 Å². The maximum Gasteiger partial charge on any atom is 0.251 e. The first-order chi connectivity index (χ1) is 9.29. The van der Waals surface area contributed by atoms with Crippen molar-refractivity contribution in [3.8, 4) is 0 Å². The number of carbonyl (C=O) groups is 1. The molecule has 100 valence electrons. The highest BCUT2D eigenvalue weighted by Crippen LogP contribution is 2.06. The summed E-state index contributed by atoms with van der Waals surface area (Å²) in [6.45, 7) is 3.35. The lowest BCUT2D eigenvalue weighted by molar-refractivity contribution is 0.0954. The number of aromatic nitrogens is 2. The molecule has 2 aromatic rings. The first-order valence-electron chi connectivity index (χ1n) is 6.14. The summed E-state index contributed by atoms with van der Waals surface area (Å²) in [6, 6.07) is 3.46. The smallest absolute Gasteiger partial charge is 0.251 e. The second-order valence-electron chi connectivity index (χ2n) is 3.95. The number of amides is 1. The van der Waals surface area contributed by atoms with Crippen LogP contribution in [-0.2, 0) is 6.42 Å². The zero-order valence-electron chi connectivity index (χ0n) is 10.7. The van der Waals surface area contributed by atoms with Gasteiger partial charge >= 0.3 is 0 Å². The Hall–Kier alpha value is -1.95. The Morgan fingerprint density at radius 1 is 1.42 bits per heavy atom. The van der Waals surface area contributed by atoms with Gasteiger partial charge in [0.2, 0.25) is 0 Å². The molecule has 5 nitrogen and oxygen atoms in total. The number of carbonyl (C=O) groups excluding carboxylic acids is 1. The monoisotopic (exact) mass is 276 g/mol. The lowest BCUT2D eigenvalue weighted by Crippen LogP contribution is -2.25. The standard InChI is InChI=1S/C13H16N4OS/c1-2-14-12-7-10(3-5-15-12)13(18)16-6-4-11-8-19-9-17-11/h3,5,7-9H,2,4,6H2,1H3,(H,14,15)(H,16,18). The fourth-order valence-corrected chi connectivity index (χ4v) is 2.21. The topological polar surface area (TPSA) is 66.9 Å². The second kappa shape index (κ2) is 6.84. The van der Waals surface area contributed by atoms with Crippen LogP contribution in [0.25, 0.3) is 0 Å². The molecule has 2 heterocycles. The van der Waals surface area contributed by atoms with Gasteiger partial charge in [0.25, 0.3) is 5.91 Å². The van der Waals surface area contributed by atoms with Crippen molar-refractivity contribution in [1.82, 2.24) is 15.3 Å².